The highest BCUT2D eigenvalue weighted by atomic mass is 16.5. The first-order valence-corrected chi connectivity index (χ1v) is 6.03. The van der Waals surface area contributed by atoms with E-state index in [4.69, 9.17) is 4.74 Å². The van der Waals surface area contributed by atoms with Crippen LogP contribution in [0.15, 0.2) is 12.1 Å². The fraction of sp³-hybridized carbons (Fsp3) is 0.571. The average molecular weight is 222 g/mol. The largest absolute Gasteiger partial charge is 0.504 e. The van der Waals surface area contributed by atoms with Crippen LogP contribution in [0.4, 0.5) is 0 Å². The van der Waals surface area contributed by atoms with Crippen molar-refractivity contribution in [2.75, 3.05) is 7.11 Å². The smallest absolute Gasteiger partial charge is 0.160 e. The van der Waals surface area contributed by atoms with Gasteiger partial charge in [0.1, 0.15) is 0 Å². The fourth-order valence-electron chi connectivity index (χ4n) is 2.14. The Morgan fingerprint density at radius 3 is 2.50 bits per heavy atom. The Labute approximate surface area is 98.3 Å². The number of hydrogen-bond donors (Lipinski definition) is 1. The summed E-state index contributed by atoms with van der Waals surface area (Å²) >= 11 is 0. The minimum atomic E-state index is 0.242. The Morgan fingerprint density at radius 2 is 2.00 bits per heavy atom. The van der Waals surface area contributed by atoms with Crippen LogP contribution in [0.3, 0.4) is 0 Å². The van der Waals surface area contributed by atoms with E-state index in [1.807, 2.05) is 12.1 Å². The zero-order chi connectivity index (χ0) is 12.1. The van der Waals surface area contributed by atoms with Crippen LogP contribution in [0.5, 0.6) is 11.5 Å². The molecule has 0 fully saturated rings. The first-order valence-electron chi connectivity index (χ1n) is 6.03. The summed E-state index contributed by atoms with van der Waals surface area (Å²) in [7, 11) is 1.59. The molecule has 0 aliphatic carbocycles. The topological polar surface area (TPSA) is 29.5 Å². The maximum atomic E-state index is 9.73. The maximum Gasteiger partial charge on any atom is 0.160 e. The highest BCUT2D eigenvalue weighted by Crippen LogP contribution is 2.34. The number of methoxy groups -OCH3 is 1. The second kappa shape index (κ2) is 5.78. The number of phenolic OH excluding ortho intramolecular Hbond substituents is 1. The Morgan fingerprint density at radius 1 is 1.31 bits per heavy atom. The molecule has 0 heterocycles. The number of aryl methyl sites for hydroxylation is 1. The van der Waals surface area contributed by atoms with Crippen molar-refractivity contribution in [2.45, 2.75) is 46.0 Å². The summed E-state index contributed by atoms with van der Waals surface area (Å²) in [6, 6.07) is 3.81. The molecular formula is C14H22O2. The molecule has 0 saturated heterocycles. The van der Waals surface area contributed by atoms with Gasteiger partial charge >= 0.3 is 0 Å². The third-order valence-electron chi connectivity index (χ3n) is 3.07. The summed E-state index contributed by atoms with van der Waals surface area (Å²) in [5.41, 5.74) is 2.53. The molecule has 1 unspecified atom stereocenters. The number of phenols is 1. The Hall–Kier alpha value is -1.18. The summed E-state index contributed by atoms with van der Waals surface area (Å²) < 4.78 is 5.16. The van der Waals surface area contributed by atoms with E-state index in [1.54, 1.807) is 7.11 Å². The molecule has 2 heteroatoms. The lowest BCUT2D eigenvalue weighted by molar-refractivity contribution is 0.372. The minimum Gasteiger partial charge on any atom is -0.504 e. The van der Waals surface area contributed by atoms with Gasteiger partial charge in [0.25, 0.3) is 0 Å². The lowest BCUT2D eigenvalue weighted by Crippen LogP contribution is -2.00. The van der Waals surface area contributed by atoms with Crippen molar-refractivity contribution in [1.29, 1.82) is 0 Å². The SMILES string of the molecule is CCCC(C)c1cc(OC)c(O)cc1CC. The molecular weight excluding hydrogens is 200 g/mol. The van der Waals surface area contributed by atoms with Crippen molar-refractivity contribution in [3.05, 3.63) is 23.3 Å². The summed E-state index contributed by atoms with van der Waals surface area (Å²) in [6.45, 7) is 6.54. The third-order valence-corrected chi connectivity index (χ3v) is 3.07. The quantitative estimate of drug-likeness (QED) is 0.819. The molecule has 0 amide bonds. The van der Waals surface area contributed by atoms with Gasteiger partial charge in [-0.15, -0.1) is 0 Å². The monoisotopic (exact) mass is 222 g/mol. The number of aromatic hydroxyl groups is 1. The highest BCUT2D eigenvalue weighted by molar-refractivity contribution is 5.47. The van der Waals surface area contributed by atoms with Crippen molar-refractivity contribution in [3.8, 4) is 11.5 Å². The minimum absolute atomic E-state index is 0.242. The normalized spacial score (nSPS) is 12.5. The van der Waals surface area contributed by atoms with Gasteiger partial charge in [0.15, 0.2) is 11.5 Å². The van der Waals surface area contributed by atoms with E-state index in [0.29, 0.717) is 11.7 Å². The molecule has 0 spiro atoms. The second-order valence-corrected chi connectivity index (χ2v) is 4.27. The van der Waals surface area contributed by atoms with E-state index in [2.05, 4.69) is 20.8 Å². The first-order chi connectivity index (χ1) is 7.63. The molecule has 0 saturated carbocycles. The van der Waals surface area contributed by atoms with E-state index < -0.39 is 0 Å². The van der Waals surface area contributed by atoms with Crippen molar-refractivity contribution in [2.24, 2.45) is 0 Å². The summed E-state index contributed by atoms with van der Waals surface area (Å²) in [6.07, 6.45) is 3.29. The van der Waals surface area contributed by atoms with E-state index in [-0.39, 0.29) is 5.75 Å². The summed E-state index contributed by atoms with van der Waals surface area (Å²) in [5.74, 6) is 1.34. The van der Waals surface area contributed by atoms with Gasteiger partial charge in [0.2, 0.25) is 0 Å². The van der Waals surface area contributed by atoms with Gasteiger partial charge in [0.05, 0.1) is 7.11 Å². The first kappa shape index (κ1) is 12.9. The maximum absolute atomic E-state index is 9.73. The number of hydrogen-bond acceptors (Lipinski definition) is 2. The molecule has 0 aromatic heterocycles. The zero-order valence-corrected chi connectivity index (χ0v) is 10.7. The standard InChI is InChI=1S/C14H22O2/c1-5-7-10(3)12-9-14(16-4)13(15)8-11(12)6-2/h8-10,15H,5-7H2,1-4H3. The van der Waals surface area contributed by atoms with Crippen molar-refractivity contribution >= 4 is 0 Å². The van der Waals surface area contributed by atoms with Crippen LogP contribution in [0, 0.1) is 0 Å². The molecule has 2 nitrogen and oxygen atoms in total. The molecule has 16 heavy (non-hydrogen) atoms. The molecule has 1 aromatic rings. The third kappa shape index (κ3) is 2.69. The van der Waals surface area contributed by atoms with Crippen LogP contribution in [-0.2, 0) is 6.42 Å². The molecule has 1 rings (SSSR count). The van der Waals surface area contributed by atoms with Crippen LogP contribution in [0.2, 0.25) is 0 Å². The lowest BCUT2D eigenvalue weighted by atomic mass is 9.90. The Balaban J connectivity index is 3.13. The van der Waals surface area contributed by atoms with Gasteiger partial charge in [-0.3, -0.25) is 0 Å². The molecule has 1 aromatic carbocycles. The van der Waals surface area contributed by atoms with Gasteiger partial charge in [0, 0.05) is 0 Å². The van der Waals surface area contributed by atoms with E-state index in [1.165, 1.54) is 24.0 Å². The molecule has 0 bridgehead atoms. The number of rotatable bonds is 5. The van der Waals surface area contributed by atoms with Crippen molar-refractivity contribution in [1.82, 2.24) is 0 Å². The van der Waals surface area contributed by atoms with E-state index in [0.717, 1.165) is 6.42 Å². The predicted octanol–water partition coefficient (Wildman–Crippen LogP) is 3.87. The lowest BCUT2D eigenvalue weighted by Gasteiger charge is -2.17. The Kier molecular flexibility index (Phi) is 4.66. The molecule has 0 aliphatic heterocycles. The van der Waals surface area contributed by atoms with Gasteiger partial charge in [-0.25, -0.2) is 0 Å². The molecule has 90 valence electrons. The van der Waals surface area contributed by atoms with Crippen molar-refractivity contribution < 1.29 is 9.84 Å². The van der Waals surface area contributed by atoms with E-state index in [9.17, 15) is 5.11 Å². The highest BCUT2D eigenvalue weighted by Gasteiger charge is 2.13. The van der Waals surface area contributed by atoms with Gasteiger partial charge in [-0.1, -0.05) is 27.2 Å². The summed E-state index contributed by atoms with van der Waals surface area (Å²) in [4.78, 5) is 0. The fourth-order valence-corrected chi connectivity index (χ4v) is 2.14. The second-order valence-electron chi connectivity index (χ2n) is 4.27. The number of benzene rings is 1. The van der Waals surface area contributed by atoms with Crippen LogP contribution in [0.25, 0.3) is 0 Å². The van der Waals surface area contributed by atoms with Crippen molar-refractivity contribution in [3.63, 3.8) is 0 Å². The van der Waals surface area contributed by atoms with Crippen LogP contribution in [0.1, 0.15) is 50.7 Å². The van der Waals surface area contributed by atoms with Crippen LogP contribution < -0.4 is 4.74 Å². The van der Waals surface area contributed by atoms with Crippen LogP contribution in [-0.4, -0.2) is 12.2 Å². The predicted molar refractivity (Wildman–Crippen MR) is 67.4 cm³/mol. The van der Waals surface area contributed by atoms with Gasteiger partial charge in [-0.05, 0) is 42.0 Å². The average Bonchev–Trinajstić information content (AvgIpc) is 2.28. The molecule has 0 aliphatic rings. The van der Waals surface area contributed by atoms with Crippen LogP contribution >= 0.6 is 0 Å². The molecule has 1 N–H and O–H groups in total. The van der Waals surface area contributed by atoms with Gasteiger partial charge < -0.3 is 9.84 Å². The zero-order valence-electron chi connectivity index (χ0n) is 10.7. The number of ether oxygens (including phenoxy) is 1. The van der Waals surface area contributed by atoms with Gasteiger partial charge in [-0.2, -0.15) is 0 Å². The molecule has 0 radical (unpaired) electrons. The van der Waals surface area contributed by atoms with E-state index >= 15 is 0 Å². The Bertz CT molecular complexity index is 345. The summed E-state index contributed by atoms with van der Waals surface area (Å²) in [5, 5.41) is 9.73. The molecule has 1 atom stereocenters.